The Morgan fingerprint density at radius 2 is 1.91 bits per heavy atom. The molecule has 1 fully saturated rings. The molecule has 0 radical (unpaired) electrons. The normalized spacial score (nSPS) is 23.9. The quantitative estimate of drug-likeness (QED) is 0.471. The minimum absolute atomic E-state index is 0.0277. The van der Waals surface area contributed by atoms with Crippen molar-refractivity contribution >= 4 is 10.9 Å². The lowest BCUT2D eigenvalue weighted by atomic mass is 9.84. The Morgan fingerprint density at radius 1 is 1.20 bits per heavy atom. The van der Waals surface area contributed by atoms with Crippen LogP contribution in [0.4, 0.5) is 26.3 Å². The molecule has 13 heteroatoms. The molecule has 2 aromatic heterocycles. The van der Waals surface area contributed by atoms with Gasteiger partial charge in [-0.2, -0.15) is 31.4 Å². The molecule has 1 saturated heterocycles. The van der Waals surface area contributed by atoms with Crippen LogP contribution in [0.2, 0.25) is 0 Å². The third-order valence-corrected chi connectivity index (χ3v) is 5.85. The molecule has 0 bridgehead atoms. The third-order valence-electron chi connectivity index (χ3n) is 5.85. The summed E-state index contributed by atoms with van der Waals surface area (Å²) in [4.78, 5) is 3.41. The van der Waals surface area contributed by atoms with Crippen molar-refractivity contribution in [2.75, 3.05) is 6.61 Å². The summed E-state index contributed by atoms with van der Waals surface area (Å²) in [6, 6.07) is 1.08. The maximum absolute atomic E-state index is 13.8. The summed E-state index contributed by atoms with van der Waals surface area (Å²) in [5.74, 6) is -0.516. The van der Waals surface area contributed by atoms with Crippen LogP contribution in [0.5, 0.6) is 5.75 Å². The van der Waals surface area contributed by atoms with E-state index in [1.165, 1.54) is 16.9 Å². The van der Waals surface area contributed by atoms with E-state index in [1.54, 1.807) is 20.8 Å². The number of oxazole rings is 1. The number of hydrogen-bond donors (Lipinski definition) is 2. The third kappa shape index (κ3) is 5.10. The van der Waals surface area contributed by atoms with Crippen LogP contribution < -0.4 is 10.1 Å². The maximum atomic E-state index is 13.8. The Balaban J connectivity index is 1.56. The van der Waals surface area contributed by atoms with Gasteiger partial charge in [0.2, 0.25) is 5.89 Å². The highest BCUT2D eigenvalue weighted by Gasteiger charge is 2.45. The second-order valence-corrected chi connectivity index (χ2v) is 9.14. The number of alkyl halides is 6. The summed E-state index contributed by atoms with van der Waals surface area (Å²) in [5.41, 5.74) is -4.00. The molecule has 1 aliphatic rings. The summed E-state index contributed by atoms with van der Waals surface area (Å²) in [6.45, 7) is 5.00. The fraction of sp³-hybridized carbons (Fsp3) is 0.545. The standard InChI is InChI=1S/C22H24F6N4O3/c1-11(2)32-18-13(8-29-32)4-15(5-16(18)21(23,24)25)34-9-14-7-20(33,6-12(3)30-14)19-31-17(10-35-19)22(26,27)28/h4-5,8,10-12,14,30,33H,6-7,9H2,1-3H3. The van der Waals surface area contributed by atoms with Crippen LogP contribution in [0, 0.1) is 0 Å². The second-order valence-electron chi connectivity index (χ2n) is 9.14. The molecule has 2 N–H and O–H groups in total. The molecule has 192 valence electrons. The zero-order valence-electron chi connectivity index (χ0n) is 19.0. The number of ether oxygens (including phenoxy) is 1. The van der Waals surface area contributed by atoms with E-state index in [2.05, 4.69) is 15.4 Å². The number of nitrogens with zero attached hydrogens (tertiary/aromatic N) is 3. The number of rotatable bonds is 5. The first kappa shape index (κ1) is 25.3. The molecule has 3 heterocycles. The van der Waals surface area contributed by atoms with Crippen LogP contribution in [0.15, 0.2) is 29.0 Å². The number of aliphatic hydroxyl groups is 1. The summed E-state index contributed by atoms with van der Waals surface area (Å²) in [6.07, 6.45) is -7.69. The number of benzene rings is 1. The topological polar surface area (TPSA) is 85.3 Å². The van der Waals surface area contributed by atoms with Crippen LogP contribution >= 0.6 is 0 Å². The highest BCUT2D eigenvalue weighted by atomic mass is 19.4. The average molecular weight is 506 g/mol. The number of aromatic nitrogens is 3. The first-order chi connectivity index (χ1) is 16.2. The van der Waals surface area contributed by atoms with Crippen molar-refractivity contribution in [1.29, 1.82) is 0 Å². The van der Waals surface area contributed by atoms with E-state index in [1.807, 2.05) is 0 Å². The van der Waals surface area contributed by atoms with Gasteiger partial charge in [-0.3, -0.25) is 4.68 Å². The molecule has 0 aliphatic carbocycles. The summed E-state index contributed by atoms with van der Waals surface area (Å²) in [7, 11) is 0. The molecular weight excluding hydrogens is 482 g/mol. The van der Waals surface area contributed by atoms with Gasteiger partial charge in [-0.25, -0.2) is 4.98 Å². The van der Waals surface area contributed by atoms with E-state index < -0.39 is 41.1 Å². The summed E-state index contributed by atoms with van der Waals surface area (Å²) in [5, 5.41) is 18.5. The fourth-order valence-corrected chi connectivity index (χ4v) is 4.47. The number of fused-ring (bicyclic) bond motifs is 1. The van der Waals surface area contributed by atoms with Gasteiger partial charge in [0.25, 0.3) is 0 Å². The number of halogens is 6. The van der Waals surface area contributed by atoms with Crippen molar-refractivity contribution < 1.29 is 40.6 Å². The first-order valence-electron chi connectivity index (χ1n) is 10.9. The molecule has 1 aromatic carbocycles. The molecule has 3 unspecified atom stereocenters. The number of nitrogens with one attached hydrogen (secondary N) is 1. The van der Waals surface area contributed by atoms with Crippen LogP contribution in [0.25, 0.3) is 10.9 Å². The van der Waals surface area contributed by atoms with Gasteiger partial charge in [0.1, 0.15) is 24.2 Å². The van der Waals surface area contributed by atoms with Crippen molar-refractivity contribution in [1.82, 2.24) is 20.1 Å². The highest BCUT2D eigenvalue weighted by molar-refractivity contribution is 5.84. The van der Waals surface area contributed by atoms with Gasteiger partial charge in [-0.1, -0.05) is 0 Å². The molecule has 0 amide bonds. The lowest BCUT2D eigenvalue weighted by molar-refractivity contribution is -0.141. The minimum Gasteiger partial charge on any atom is -0.492 e. The molecule has 3 atom stereocenters. The summed E-state index contributed by atoms with van der Waals surface area (Å²) < 4.78 is 92.0. The van der Waals surface area contributed by atoms with Crippen molar-refractivity contribution in [3.8, 4) is 5.75 Å². The lowest BCUT2D eigenvalue weighted by Crippen LogP contribution is -2.53. The Kier molecular flexibility index (Phi) is 6.29. The Hall–Kier alpha value is -2.80. The minimum atomic E-state index is -4.72. The van der Waals surface area contributed by atoms with Gasteiger partial charge < -0.3 is 19.6 Å². The monoisotopic (exact) mass is 506 g/mol. The SMILES string of the molecule is CC1CC(O)(c2nc(C(F)(F)F)co2)CC(COc2cc(C(F)(F)F)c3c(cnn3C(C)C)c2)N1. The molecule has 7 nitrogen and oxygen atoms in total. The van der Waals surface area contributed by atoms with Gasteiger partial charge in [-0.15, -0.1) is 0 Å². The highest BCUT2D eigenvalue weighted by Crippen LogP contribution is 2.40. The van der Waals surface area contributed by atoms with Gasteiger partial charge in [0, 0.05) is 36.4 Å². The van der Waals surface area contributed by atoms with Crippen LogP contribution in [0.3, 0.4) is 0 Å². The van der Waals surface area contributed by atoms with Gasteiger partial charge in [0.15, 0.2) is 5.69 Å². The molecule has 35 heavy (non-hydrogen) atoms. The van der Waals surface area contributed by atoms with Crippen LogP contribution in [0.1, 0.15) is 56.8 Å². The Bertz CT molecular complexity index is 1200. The van der Waals surface area contributed by atoms with Gasteiger partial charge in [0.05, 0.1) is 17.3 Å². The van der Waals surface area contributed by atoms with E-state index in [-0.39, 0.29) is 48.2 Å². The molecule has 4 rings (SSSR count). The zero-order valence-corrected chi connectivity index (χ0v) is 19.0. The lowest BCUT2D eigenvalue weighted by Gasteiger charge is -2.38. The van der Waals surface area contributed by atoms with Gasteiger partial charge in [-0.05, 0) is 32.9 Å². The first-order valence-corrected chi connectivity index (χ1v) is 10.9. The molecular formula is C22H24F6N4O3. The van der Waals surface area contributed by atoms with Crippen molar-refractivity contribution in [3.63, 3.8) is 0 Å². The molecule has 0 spiro atoms. The van der Waals surface area contributed by atoms with E-state index in [9.17, 15) is 31.4 Å². The second kappa shape index (κ2) is 8.70. The molecule has 0 saturated carbocycles. The van der Waals surface area contributed by atoms with E-state index in [0.29, 0.717) is 6.26 Å². The van der Waals surface area contributed by atoms with Crippen LogP contribution in [-0.4, -0.2) is 38.6 Å². The van der Waals surface area contributed by atoms with Gasteiger partial charge >= 0.3 is 12.4 Å². The summed E-state index contributed by atoms with van der Waals surface area (Å²) >= 11 is 0. The Labute approximate surface area is 196 Å². The smallest absolute Gasteiger partial charge is 0.436 e. The van der Waals surface area contributed by atoms with Crippen molar-refractivity contribution in [2.45, 2.75) is 69.7 Å². The zero-order chi connectivity index (χ0) is 25.8. The predicted molar refractivity (Wildman–Crippen MR) is 112 cm³/mol. The molecule has 1 aliphatic heterocycles. The largest absolute Gasteiger partial charge is 0.492 e. The van der Waals surface area contributed by atoms with E-state index >= 15 is 0 Å². The Morgan fingerprint density at radius 3 is 2.51 bits per heavy atom. The van der Waals surface area contributed by atoms with Crippen molar-refractivity contribution in [2.24, 2.45) is 0 Å². The van der Waals surface area contributed by atoms with Crippen molar-refractivity contribution in [3.05, 3.63) is 41.7 Å². The predicted octanol–water partition coefficient (Wildman–Crippen LogP) is 5.05. The van der Waals surface area contributed by atoms with Crippen LogP contribution in [-0.2, 0) is 18.0 Å². The maximum Gasteiger partial charge on any atom is 0.436 e. The molecule has 3 aromatic rings. The number of hydrogen-bond acceptors (Lipinski definition) is 6. The van der Waals surface area contributed by atoms with E-state index in [4.69, 9.17) is 9.15 Å². The fourth-order valence-electron chi connectivity index (χ4n) is 4.47. The average Bonchev–Trinajstić information content (AvgIpc) is 3.38. The van der Waals surface area contributed by atoms with E-state index in [0.717, 1.165) is 6.07 Å². The number of piperidine rings is 1.